The number of rotatable bonds is 7. The Morgan fingerprint density at radius 1 is 1.08 bits per heavy atom. The maximum absolute atomic E-state index is 14.2. The molecule has 5 rings (SSSR count). The highest BCUT2D eigenvalue weighted by atomic mass is 19.1. The van der Waals surface area contributed by atoms with Crippen molar-refractivity contribution in [3.8, 4) is 5.69 Å². The third kappa shape index (κ3) is 4.92. The third-order valence-electron chi connectivity index (χ3n) is 6.95. The van der Waals surface area contributed by atoms with E-state index in [-0.39, 0.29) is 11.3 Å². The Hall–Kier alpha value is -3.82. The molecule has 3 heterocycles. The minimum atomic E-state index is -0.903. The van der Waals surface area contributed by atoms with E-state index in [4.69, 9.17) is 4.74 Å². The molecule has 0 unspecified atom stereocenters. The zero-order valence-corrected chi connectivity index (χ0v) is 20.6. The first-order valence-electron chi connectivity index (χ1n) is 12.4. The summed E-state index contributed by atoms with van der Waals surface area (Å²) in [6.45, 7) is 5.79. The summed E-state index contributed by atoms with van der Waals surface area (Å²) in [6, 6.07) is 14.3. The van der Waals surface area contributed by atoms with Crippen molar-refractivity contribution >= 4 is 17.4 Å². The van der Waals surface area contributed by atoms with Crippen LogP contribution in [0.1, 0.15) is 29.3 Å². The van der Waals surface area contributed by atoms with Gasteiger partial charge in [-0.2, -0.15) is 5.10 Å². The molecular weight excluding hydrogens is 475 g/mol. The van der Waals surface area contributed by atoms with Gasteiger partial charge in [0.2, 0.25) is 0 Å². The van der Waals surface area contributed by atoms with Crippen molar-refractivity contribution in [3.05, 3.63) is 89.0 Å². The largest absolute Gasteiger partial charge is 0.507 e. The second-order valence-electron chi connectivity index (χ2n) is 9.25. The maximum Gasteiger partial charge on any atom is 0.295 e. The standard InChI is InChI=1S/C28H29FN4O4/c1-19-23(18-30-33(19)22-9-3-2-4-10-22)26(34)24-25(20-7-5-8-21(29)17-20)32(28(36)27(24)35)12-6-11-31-13-15-37-16-14-31/h2-5,7-10,17-18,25,34H,6,11-16H2,1H3/t25-/m0/s1. The number of likely N-dealkylation sites (tertiary alicyclic amines) is 1. The monoisotopic (exact) mass is 504 g/mol. The SMILES string of the molecule is Cc1c(C(O)=C2C(=O)C(=O)N(CCCN3CCOCC3)[C@H]2c2cccc(F)c2)cnn1-c1ccccc1. The number of carbonyl (C=O) groups is 2. The summed E-state index contributed by atoms with van der Waals surface area (Å²) in [4.78, 5) is 30.2. The number of hydrogen-bond donors (Lipinski definition) is 1. The molecule has 9 heteroatoms. The lowest BCUT2D eigenvalue weighted by molar-refractivity contribution is -0.140. The van der Waals surface area contributed by atoms with Crippen LogP contribution in [0.3, 0.4) is 0 Å². The van der Waals surface area contributed by atoms with E-state index in [1.54, 1.807) is 17.7 Å². The van der Waals surface area contributed by atoms with Gasteiger partial charge in [-0.05, 0) is 43.2 Å². The van der Waals surface area contributed by atoms with Gasteiger partial charge in [-0.1, -0.05) is 30.3 Å². The minimum absolute atomic E-state index is 0.0577. The first kappa shape index (κ1) is 24.9. The van der Waals surface area contributed by atoms with Gasteiger partial charge in [0.05, 0.1) is 48.0 Å². The number of para-hydroxylation sites is 1. The number of ketones is 1. The molecule has 1 N–H and O–H groups in total. The quantitative estimate of drug-likeness (QED) is 0.301. The normalized spacial score (nSPS) is 20.1. The third-order valence-corrected chi connectivity index (χ3v) is 6.95. The smallest absolute Gasteiger partial charge is 0.295 e. The molecule has 0 radical (unpaired) electrons. The lowest BCUT2D eigenvalue weighted by Gasteiger charge is -2.29. The Balaban J connectivity index is 1.51. The van der Waals surface area contributed by atoms with E-state index in [1.165, 1.54) is 29.3 Å². The summed E-state index contributed by atoms with van der Waals surface area (Å²) in [7, 11) is 0. The van der Waals surface area contributed by atoms with Crippen molar-refractivity contribution < 1.29 is 23.8 Å². The van der Waals surface area contributed by atoms with E-state index in [2.05, 4.69) is 10.00 Å². The number of carbonyl (C=O) groups excluding carboxylic acids is 2. The molecule has 2 fully saturated rings. The predicted octanol–water partition coefficient (Wildman–Crippen LogP) is 3.46. The van der Waals surface area contributed by atoms with Crippen LogP contribution in [0.15, 0.2) is 66.4 Å². The average molecular weight is 505 g/mol. The van der Waals surface area contributed by atoms with Crippen LogP contribution in [0, 0.1) is 12.7 Å². The molecule has 2 aliphatic rings. The van der Waals surface area contributed by atoms with Gasteiger partial charge in [0.25, 0.3) is 11.7 Å². The first-order chi connectivity index (χ1) is 18.0. The van der Waals surface area contributed by atoms with E-state index < -0.39 is 23.5 Å². The van der Waals surface area contributed by atoms with Crippen LogP contribution < -0.4 is 0 Å². The Morgan fingerprint density at radius 3 is 2.57 bits per heavy atom. The summed E-state index contributed by atoms with van der Waals surface area (Å²) in [5.41, 5.74) is 2.12. The molecule has 0 aliphatic carbocycles. The number of hydrogen-bond acceptors (Lipinski definition) is 6. The molecule has 2 aromatic carbocycles. The highest BCUT2D eigenvalue weighted by molar-refractivity contribution is 6.46. The summed E-state index contributed by atoms with van der Waals surface area (Å²) in [5, 5.41) is 15.8. The summed E-state index contributed by atoms with van der Waals surface area (Å²) >= 11 is 0. The highest BCUT2D eigenvalue weighted by Crippen LogP contribution is 2.40. The molecule has 1 atom stereocenters. The van der Waals surface area contributed by atoms with Crippen LogP contribution in [-0.2, 0) is 14.3 Å². The Labute approximate surface area is 214 Å². The van der Waals surface area contributed by atoms with Gasteiger partial charge in [0, 0.05) is 26.2 Å². The number of halogens is 1. The number of morpholine rings is 1. The summed E-state index contributed by atoms with van der Waals surface area (Å²) in [5.74, 6) is -2.29. The van der Waals surface area contributed by atoms with Gasteiger partial charge < -0.3 is 14.7 Å². The minimum Gasteiger partial charge on any atom is -0.507 e. The number of aliphatic hydroxyl groups excluding tert-OH is 1. The van der Waals surface area contributed by atoms with Gasteiger partial charge in [0.15, 0.2) is 0 Å². The van der Waals surface area contributed by atoms with Crippen LogP contribution in [-0.4, -0.2) is 75.8 Å². The Morgan fingerprint density at radius 2 is 1.84 bits per heavy atom. The Kier molecular flexibility index (Phi) is 7.16. The first-order valence-corrected chi connectivity index (χ1v) is 12.4. The molecule has 0 spiro atoms. The van der Waals surface area contributed by atoms with Gasteiger partial charge in [-0.15, -0.1) is 0 Å². The summed E-state index contributed by atoms with van der Waals surface area (Å²) in [6.07, 6.45) is 2.11. The molecule has 2 saturated heterocycles. The Bertz CT molecular complexity index is 1330. The van der Waals surface area contributed by atoms with Crippen LogP contribution in [0.2, 0.25) is 0 Å². The molecular formula is C28H29FN4O4. The van der Waals surface area contributed by atoms with Crippen LogP contribution in [0.25, 0.3) is 11.4 Å². The van der Waals surface area contributed by atoms with E-state index >= 15 is 0 Å². The fourth-order valence-corrected chi connectivity index (χ4v) is 5.04. The van der Waals surface area contributed by atoms with Crippen molar-refractivity contribution in [3.63, 3.8) is 0 Å². The van der Waals surface area contributed by atoms with Crippen LogP contribution in [0.5, 0.6) is 0 Å². The fraction of sp³-hybridized carbons (Fsp3) is 0.321. The number of amides is 1. The fourth-order valence-electron chi connectivity index (χ4n) is 5.04. The van der Waals surface area contributed by atoms with E-state index in [9.17, 15) is 19.1 Å². The second-order valence-corrected chi connectivity index (χ2v) is 9.25. The van der Waals surface area contributed by atoms with Crippen molar-refractivity contribution in [2.75, 3.05) is 39.4 Å². The van der Waals surface area contributed by atoms with Crippen molar-refractivity contribution in [2.24, 2.45) is 0 Å². The molecule has 37 heavy (non-hydrogen) atoms. The number of ether oxygens (including phenoxy) is 1. The van der Waals surface area contributed by atoms with E-state index in [0.29, 0.717) is 43.0 Å². The predicted molar refractivity (Wildman–Crippen MR) is 136 cm³/mol. The molecule has 1 amide bonds. The second kappa shape index (κ2) is 10.7. The van der Waals surface area contributed by atoms with E-state index in [1.807, 2.05) is 30.3 Å². The molecule has 0 bridgehead atoms. The van der Waals surface area contributed by atoms with Gasteiger partial charge in [-0.3, -0.25) is 14.5 Å². The number of nitrogens with zero attached hydrogens (tertiary/aromatic N) is 4. The molecule has 2 aliphatic heterocycles. The van der Waals surface area contributed by atoms with Crippen molar-refractivity contribution in [1.82, 2.24) is 19.6 Å². The molecule has 3 aromatic rings. The molecule has 192 valence electrons. The van der Waals surface area contributed by atoms with Crippen LogP contribution >= 0.6 is 0 Å². The molecule has 0 saturated carbocycles. The average Bonchev–Trinajstić information content (AvgIpc) is 3.42. The number of aromatic nitrogens is 2. The lowest BCUT2D eigenvalue weighted by Crippen LogP contribution is -2.39. The summed E-state index contributed by atoms with van der Waals surface area (Å²) < 4.78 is 21.3. The highest BCUT2D eigenvalue weighted by Gasteiger charge is 2.46. The topological polar surface area (TPSA) is 87.9 Å². The molecule has 1 aromatic heterocycles. The van der Waals surface area contributed by atoms with Gasteiger partial charge in [0.1, 0.15) is 11.6 Å². The van der Waals surface area contributed by atoms with Gasteiger partial charge in [-0.25, -0.2) is 9.07 Å². The zero-order valence-electron chi connectivity index (χ0n) is 20.6. The maximum atomic E-state index is 14.2. The van der Waals surface area contributed by atoms with Crippen molar-refractivity contribution in [2.45, 2.75) is 19.4 Å². The number of benzene rings is 2. The van der Waals surface area contributed by atoms with E-state index in [0.717, 1.165) is 25.3 Å². The van der Waals surface area contributed by atoms with Gasteiger partial charge >= 0.3 is 0 Å². The number of aliphatic hydroxyl groups is 1. The number of Topliss-reactive ketones (excluding diaryl/α,β-unsaturated/α-hetero) is 1. The molecule has 8 nitrogen and oxygen atoms in total. The van der Waals surface area contributed by atoms with Crippen LogP contribution in [0.4, 0.5) is 4.39 Å². The lowest BCUT2D eigenvalue weighted by atomic mass is 9.95. The van der Waals surface area contributed by atoms with Crippen molar-refractivity contribution in [1.29, 1.82) is 0 Å². The zero-order chi connectivity index (χ0) is 25.9.